The lowest BCUT2D eigenvalue weighted by Crippen LogP contribution is -2.36. The minimum atomic E-state index is -0.610. The van der Waals surface area contributed by atoms with E-state index in [9.17, 15) is 4.79 Å². The highest BCUT2D eigenvalue weighted by molar-refractivity contribution is 5.86. The van der Waals surface area contributed by atoms with Crippen LogP contribution in [0.15, 0.2) is 0 Å². The van der Waals surface area contributed by atoms with Gasteiger partial charge in [-0.15, -0.1) is 0 Å². The normalized spacial score (nSPS) is 34.3. The van der Waals surface area contributed by atoms with Gasteiger partial charge in [0.05, 0.1) is 6.04 Å². The van der Waals surface area contributed by atoms with Gasteiger partial charge in [-0.1, -0.05) is 20.3 Å². The standard InChI is InChI=1S/C8H15NO2/c1-3-5(2)8-6(10)4-7(11)9-8/h5,7-9,11H,3-4H2,1-2H3. The van der Waals surface area contributed by atoms with Crippen LogP contribution < -0.4 is 5.32 Å². The zero-order valence-electron chi connectivity index (χ0n) is 7.00. The van der Waals surface area contributed by atoms with Gasteiger partial charge in [-0.05, 0) is 5.92 Å². The molecule has 1 rings (SSSR count). The molecule has 3 heteroatoms. The van der Waals surface area contributed by atoms with Gasteiger partial charge in [0.15, 0.2) is 5.78 Å². The fourth-order valence-corrected chi connectivity index (χ4v) is 1.39. The summed E-state index contributed by atoms with van der Waals surface area (Å²) in [6.45, 7) is 4.07. The highest BCUT2D eigenvalue weighted by Crippen LogP contribution is 2.16. The van der Waals surface area contributed by atoms with Crippen molar-refractivity contribution in [1.29, 1.82) is 0 Å². The zero-order chi connectivity index (χ0) is 8.43. The van der Waals surface area contributed by atoms with E-state index < -0.39 is 6.23 Å². The Morgan fingerprint density at radius 3 is 2.82 bits per heavy atom. The summed E-state index contributed by atoms with van der Waals surface area (Å²) in [5.41, 5.74) is 0. The molecule has 0 bridgehead atoms. The molecule has 0 spiro atoms. The lowest BCUT2D eigenvalue weighted by Gasteiger charge is -2.16. The van der Waals surface area contributed by atoms with Crippen LogP contribution in [0, 0.1) is 5.92 Å². The van der Waals surface area contributed by atoms with Crippen molar-refractivity contribution in [3.8, 4) is 0 Å². The second kappa shape index (κ2) is 3.32. The average Bonchev–Trinajstić information content (AvgIpc) is 2.28. The van der Waals surface area contributed by atoms with Crippen molar-refractivity contribution in [3.05, 3.63) is 0 Å². The molecule has 1 saturated heterocycles. The summed E-state index contributed by atoms with van der Waals surface area (Å²) >= 11 is 0. The third kappa shape index (κ3) is 1.79. The van der Waals surface area contributed by atoms with Crippen LogP contribution in [0.3, 0.4) is 0 Å². The van der Waals surface area contributed by atoms with Crippen LogP contribution in [0.25, 0.3) is 0 Å². The van der Waals surface area contributed by atoms with Gasteiger partial charge in [0.1, 0.15) is 6.23 Å². The lowest BCUT2D eigenvalue weighted by molar-refractivity contribution is -0.119. The van der Waals surface area contributed by atoms with Crippen LogP contribution in [0.1, 0.15) is 26.7 Å². The number of aliphatic hydroxyl groups excluding tert-OH is 1. The van der Waals surface area contributed by atoms with Crippen molar-refractivity contribution in [2.24, 2.45) is 5.92 Å². The molecule has 1 heterocycles. The highest BCUT2D eigenvalue weighted by Gasteiger charge is 2.33. The Balaban J connectivity index is 2.52. The number of hydrogen-bond acceptors (Lipinski definition) is 3. The summed E-state index contributed by atoms with van der Waals surface area (Å²) in [4.78, 5) is 11.2. The van der Waals surface area contributed by atoms with Crippen LogP contribution in [0.5, 0.6) is 0 Å². The summed E-state index contributed by atoms with van der Waals surface area (Å²) in [6.07, 6.45) is 0.631. The van der Waals surface area contributed by atoms with Crippen LogP contribution in [-0.2, 0) is 4.79 Å². The maximum atomic E-state index is 11.2. The summed E-state index contributed by atoms with van der Waals surface area (Å²) < 4.78 is 0. The number of nitrogens with one attached hydrogen (secondary N) is 1. The van der Waals surface area contributed by atoms with E-state index in [0.717, 1.165) is 6.42 Å². The maximum absolute atomic E-state index is 11.2. The van der Waals surface area contributed by atoms with Crippen LogP contribution in [0.4, 0.5) is 0 Å². The molecular formula is C8H15NO2. The first-order chi connectivity index (χ1) is 5.15. The quantitative estimate of drug-likeness (QED) is 0.605. The first-order valence-corrected chi connectivity index (χ1v) is 4.12. The highest BCUT2D eigenvalue weighted by atomic mass is 16.3. The van der Waals surface area contributed by atoms with E-state index in [1.165, 1.54) is 0 Å². The molecule has 0 saturated carbocycles. The molecule has 3 atom stereocenters. The summed E-state index contributed by atoms with van der Waals surface area (Å²) in [6, 6.07) is -0.116. The maximum Gasteiger partial charge on any atom is 0.154 e. The SMILES string of the molecule is CCC(C)C1NC(O)CC1=O. The molecule has 0 aromatic carbocycles. The zero-order valence-corrected chi connectivity index (χ0v) is 7.00. The number of rotatable bonds is 2. The van der Waals surface area contributed by atoms with E-state index in [2.05, 4.69) is 5.32 Å². The molecule has 1 aliphatic rings. The van der Waals surface area contributed by atoms with Gasteiger partial charge in [-0.3, -0.25) is 10.1 Å². The molecule has 0 amide bonds. The van der Waals surface area contributed by atoms with Gasteiger partial charge in [0.2, 0.25) is 0 Å². The van der Waals surface area contributed by atoms with Gasteiger partial charge in [0, 0.05) is 6.42 Å². The van der Waals surface area contributed by atoms with Crippen LogP contribution in [0.2, 0.25) is 0 Å². The predicted octanol–water partition coefficient (Wildman–Crippen LogP) is 0.282. The molecule has 2 N–H and O–H groups in total. The average molecular weight is 157 g/mol. The molecule has 1 aliphatic heterocycles. The molecule has 0 radical (unpaired) electrons. The largest absolute Gasteiger partial charge is 0.378 e. The monoisotopic (exact) mass is 157 g/mol. The lowest BCUT2D eigenvalue weighted by atomic mass is 9.97. The summed E-state index contributed by atoms with van der Waals surface area (Å²) in [5, 5.41) is 11.9. The molecule has 1 fully saturated rings. The number of aliphatic hydroxyl groups is 1. The summed E-state index contributed by atoms with van der Waals surface area (Å²) in [5.74, 6) is 0.478. The Bertz CT molecular complexity index is 158. The van der Waals surface area contributed by atoms with Gasteiger partial charge in [-0.2, -0.15) is 0 Å². The fourth-order valence-electron chi connectivity index (χ4n) is 1.39. The van der Waals surface area contributed by atoms with E-state index in [1.54, 1.807) is 0 Å². The van der Waals surface area contributed by atoms with Crippen molar-refractivity contribution < 1.29 is 9.90 Å². The van der Waals surface area contributed by atoms with Crippen molar-refractivity contribution >= 4 is 5.78 Å². The second-order valence-corrected chi connectivity index (χ2v) is 3.22. The van der Waals surface area contributed by atoms with Gasteiger partial charge >= 0.3 is 0 Å². The first-order valence-electron chi connectivity index (χ1n) is 4.12. The Labute approximate surface area is 66.8 Å². The molecule has 0 aliphatic carbocycles. The molecular weight excluding hydrogens is 142 g/mol. The molecule has 3 unspecified atom stereocenters. The predicted molar refractivity (Wildman–Crippen MR) is 42.0 cm³/mol. The number of carbonyl (C=O) groups excluding carboxylic acids is 1. The van der Waals surface area contributed by atoms with Crippen molar-refractivity contribution in [2.45, 2.75) is 39.0 Å². The number of carbonyl (C=O) groups is 1. The Kier molecular flexibility index (Phi) is 2.62. The second-order valence-electron chi connectivity index (χ2n) is 3.22. The molecule has 11 heavy (non-hydrogen) atoms. The van der Waals surface area contributed by atoms with Gasteiger partial charge in [0.25, 0.3) is 0 Å². The van der Waals surface area contributed by atoms with Crippen molar-refractivity contribution in [1.82, 2.24) is 5.32 Å². The first kappa shape index (κ1) is 8.68. The number of Topliss-reactive ketones (excluding diaryl/α,β-unsaturated/α-hetero) is 1. The Morgan fingerprint density at radius 1 is 1.82 bits per heavy atom. The van der Waals surface area contributed by atoms with Gasteiger partial charge in [-0.25, -0.2) is 0 Å². The topological polar surface area (TPSA) is 49.3 Å². The van der Waals surface area contributed by atoms with Crippen molar-refractivity contribution in [2.75, 3.05) is 0 Å². The minimum Gasteiger partial charge on any atom is -0.378 e. The van der Waals surface area contributed by atoms with E-state index >= 15 is 0 Å². The fraction of sp³-hybridized carbons (Fsp3) is 0.875. The Hall–Kier alpha value is -0.410. The van der Waals surface area contributed by atoms with E-state index in [1.807, 2.05) is 13.8 Å². The molecule has 0 aromatic rings. The Morgan fingerprint density at radius 2 is 2.45 bits per heavy atom. The third-order valence-electron chi connectivity index (χ3n) is 2.33. The molecule has 3 nitrogen and oxygen atoms in total. The smallest absolute Gasteiger partial charge is 0.154 e. The van der Waals surface area contributed by atoms with E-state index in [4.69, 9.17) is 5.11 Å². The minimum absolute atomic E-state index is 0.116. The van der Waals surface area contributed by atoms with Crippen LogP contribution in [-0.4, -0.2) is 23.2 Å². The number of hydrogen-bond donors (Lipinski definition) is 2. The van der Waals surface area contributed by atoms with Crippen molar-refractivity contribution in [3.63, 3.8) is 0 Å². The van der Waals surface area contributed by atoms with E-state index in [0.29, 0.717) is 5.92 Å². The van der Waals surface area contributed by atoms with E-state index in [-0.39, 0.29) is 18.2 Å². The third-order valence-corrected chi connectivity index (χ3v) is 2.33. The summed E-state index contributed by atoms with van der Waals surface area (Å²) in [7, 11) is 0. The molecule has 64 valence electrons. The molecule has 0 aromatic heterocycles. The number of ketones is 1. The van der Waals surface area contributed by atoms with Crippen LogP contribution >= 0.6 is 0 Å². The van der Waals surface area contributed by atoms with Gasteiger partial charge < -0.3 is 5.11 Å².